The fourth-order valence-corrected chi connectivity index (χ4v) is 2.35. The fourth-order valence-electron chi connectivity index (χ4n) is 2.35. The van der Waals surface area contributed by atoms with E-state index in [9.17, 15) is 10.1 Å². The van der Waals surface area contributed by atoms with Gasteiger partial charge in [-0.15, -0.1) is 0 Å². The first-order valence-corrected chi connectivity index (χ1v) is 7.67. The van der Waals surface area contributed by atoms with Crippen molar-refractivity contribution in [1.82, 2.24) is 9.97 Å². The van der Waals surface area contributed by atoms with Crippen LogP contribution in [0.3, 0.4) is 0 Å². The molecule has 0 saturated heterocycles. The number of carboxylic acid groups (broad SMARTS) is 1. The molecule has 0 atom stereocenters. The van der Waals surface area contributed by atoms with Gasteiger partial charge in [0.2, 0.25) is 0 Å². The number of fused-ring (bicyclic) bond motifs is 1. The number of aromatic amines is 1. The summed E-state index contributed by atoms with van der Waals surface area (Å²) in [6.07, 6.45) is 1.64. The molecule has 6 nitrogen and oxygen atoms in total. The summed E-state index contributed by atoms with van der Waals surface area (Å²) in [5.41, 5.74) is 2.83. The molecule has 0 bridgehead atoms. The van der Waals surface area contributed by atoms with Crippen LogP contribution in [0.2, 0.25) is 0 Å². The maximum absolute atomic E-state index is 10.5. The van der Waals surface area contributed by atoms with Gasteiger partial charge in [0.1, 0.15) is 17.6 Å². The Morgan fingerprint density at radius 2 is 2.12 bits per heavy atom. The SMILES string of the molecule is N#CC(=Cc1cccc(OCCC(=O)O)c1)c1nc2ccccc2[nH]1. The lowest BCUT2D eigenvalue weighted by atomic mass is 10.1. The maximum atomic E-state index is 10.5. The van der Waals surface area contributed by atoms with Crippen molar-refractivity contribution in [3.63, 3.8) is 0 Å². The number of H-pyrrole nitrogens is 1. The Morgan fingerprint density at radius 1 is 1.28 bits per heavy atom. The Bertz CT molecular complexity index is 950. The van der Waals surface area contributed by atoms with Crippen LogP contribution in [0.4, 0.5) is 0 Å². The number of benzene rings is 2. The van der Waals surface area contributed by atoms with Gasteiger partial charge in [0.05, 0.1) is 29.6 Å². The molecule has 0 aliphatic rings. The molecule has 0 aliphatic carbocycles. The molecule has 3 rings (SSSR count). The molecule has 2 aromatic carbocycles. The normalized spacial score (nSPS) is 11.2. The third-order valence-electron chi connectivity index (χ3n) is 3.52. The van der Waals surface area contributed by atoms with E-state index in [1.807, 2.05) is 30.3 Å². The van der Waals surface area contributed by atoms with Crippen molar-refractivity contribution in [2.24, 2.45) is 0 Å². The standard InChI is InChI=1S/C19H15N3O3/c20-12-14(19-21-16-6-1-2-7-17(16)22-19)10-13-4-3-5-15(11-13)25-9-8-18(23)24/h1-7,10-11H,8-9H2,(H,21,22)(H,23,24). The predicted octanol–water partition coefficient (Wildman–Crippen LogP) is 3.48. The number of allylic oxidation sites excluding steroid dienone is 1. The lowest BCUT2D eigenvalue weighted by Crippen LogP contribution is -2.04. The minimum atomic E-state index is -0.910. The van der Waals surface area contributed by atoms with Gasteiger partial charge >= 0.3 is 5.97 Å². The van der Waals surface area contributed by atoms with Crippen molar-refractivity contribution in [1.29, 1.82) is 5.26 Å². The molecule has 25 heavy (non-hydrogen) atoms. The van der Waals surface area contributed by atoms with E-state index in [2.05, 4.69) is 16.0 Å². The van der Waals surface area contributed by atoms with Gasteiger partial charge in [-0.05, 0) is 35.9 Å². The lowest BCUT2D eigenvalue weighted by molar-refractivity contribution is -0.137. The van der Waals surface area contributed by atoms with E-state index in [1.165, 1.54) is 0 Å². The number of nitriles is 1. The molecule has 2 N–H and O–H groups in total. The molecule has 0 spiro atoms. The van der Waals surface area contributed by atoms with Crippen LogP contribution in [-0.4, -0.2) is 27.7 Å². The summed E-state index contributed by atoms with van der Waals surface area (Å²) in [4.78, 5) is 18.1. The van der Waals surface area contributed by atoms with Crippen LogP contribution in [0.1, 0.15) is 17.8 Å². The number of carboxylic acids is 1. The zero-order chi connectivity index (χ0) is 17.6. The molecule has 0 fully saturated rings. The average molecular weight is 333 g/mol. The minimum absolute atomic E-state index is 0.0670. The summed E-state index contributed by atoms with van der Waals surface area (Å²) >= 11 is 0. The molecular formula is C19H15N3O3. The second-order valence-corrected chi connectivity index (χ2v) is 5.34. The first-order valence-electron chi connectivity index (χ1n) is 7.67. The van der Waals surface area contributed by atoms with Crippen molar-refractivity contribution in [2.75, 3.05) is 6.61 Å². The number of ether oxygens (including phenoxy) is 1. The van der Waals surface area contributed by atoms with Crippen LogP contribution >= 0.6 is 0 Å². The van der Waals surface area contributed by atoms with Crippen molar-refractivity contribution in [2.45, 2.75) is 6.42 Å². The third-order valence-corrected chi connectivity index (χ3v) is 3.52. The quantitative estimate of drug-likeness (QED) is 0.673. The summed E-state index contributed by atoms with van der Waals surface area (Å²) in [7, 11) is 0. The highest BCUT2D eigenvalue weighted by molar-refractivity contribution is 5.90. The van der Waals surface area contributed by atoms with Crippen LogP contribution in [0.5, 0.6) is 5.75 Å². The number of nitrogens with one attached hydrogen (secondary N) is 1. The topological polar surface area (TPSA) is 99.0 Å². The Kier molecular flexibility index (Phi) is 4.77. The summed E-state index contributed by atoms with van der Waals surface area (Å²) < 4.78 is 5.41. The highest BCUT2D eigenvalue weighted by atomic mass is 16.5. The number of aliphatic carboxylic acids is 1. The third kappa shape index (κ3) is 4.03. The van der Waals surface area contributed by atoms with E-state index in [4.69, 9.17) is 9.84 Å². The van der Waals surface area contributed by atoms with E-state index >= 15 is 0 Å². The Balaban J connectivity index is 1.84. The highest BCUT2D eigenvalue weighted by Crippen LogP contribution is 2.21. The zero-order valence-electron chi connectivity index (χ0n) is 13.3. The lowest BCUT2D eigenvalue weighted by Gasteiger charge is -2.05. The van der Waals surface area contributed by atoms with Crippen molar-refractivity contribution >= 4 is 28.7 Å². The maximum Gasteiger partial charge on any atom is 0.306 e. The zero-order valence-corrected chi connectivity index (χ0v) is 13.3. The van der Waals surface area contributed by atoms with Gasteiger partial charge in [0.15, 0.2) is 0 Å². The monoisotopic (exact) mass is 333 g/mol. The Labute approximate surface area is 144 Å². The number of rotatable bonds is 6. The highest BCUT2D eigenvalue weighted by Gasteiger charge is 2.08. The first-order chi connectivity index (χ1) is 12.2. The number of imidazole rings is 1. The van der Waals surface area contributed by atoms with Gasteiger partial charge in [-0.25, -0.2) is 4.98 Å². The van der Waals surface area contributed by atoms with Crippen molar-refractivity contribution in [3.05, 3.63) is 59.9 Å². The van der Waals surface area contributed by atoms with Crippen LogP contribution in [-0.2, 0) is 4.79 Å². The molecule has 0 unspecified atom stereocenters. The summed E-state index contributed by atoms with van der Waals surface area (Å²) in [6, 6.07) is 16.8. The Hall–Kier alpha value is -3.59. The second kappa shape index (κ2) is 7.32. The number of hydrogen-bond donors (Lipinski definition) is 2. The molecule has 3 aromatic rings. The van der Waals surface area contributed by atoms with E-state index in [0.717, 1.165) is 16.6 Å². The number of aromatic nitrogens is 2. The molecule has 6 heteroatoms. The number of nitrogens with zero attached hydrogens (tertiary/aromatic N) is 2. The molecule has 124 valence electrons. The summed E-state index contributed by atoms with van der Waals surface area (Å²) in [6.45, 7) is 0.0944. The Morgan fingerprint density at radius 3 is 2.88 bits per heavy atom. The van der Waals surface area contributed by atoms with Crippen molar-refractivity contribution < 1.29 is 14.6 Å². The second-order valence-electron chi connectivity index (χ2n) is 5.34. The van der Waals surface area contributed by atoms with Gasteiger partial charge in [0, 0.05) is 0 Å². The van der Waals surface area contributed by atoms with Gasteiger partial charge in [0.25, 0.3) is 0 Å². The van der Waals surface area contributed by atoms with Gasteiger partial charge in [-0.2, -0.15) is 5.26 Å². The van der Waals surface area contributed by atoms with Crippen LogP contribution in [0.25, 0.3) is 22.7 Å². The average Bonchev–Trinajstić information content (AvgIpc) is 3.03. The molecule has 0 amide bonds. The molecule has 0 aliphatic heterocycles. The summed E-state index contributed by atoms with van der Waals surface area (Å²) in [5, 5.41) is 18.1. The minimum Gasteiger partial charge on any atom is -0.493 e. The van der Waals surface area contributed by atoms with Crippen LogP contribution < -0.4 is 4.74 Å². The fraction of sp³-hybridized carbons (Fsp3) is 0.105. The molecule has 1 heterocycles. The molecular weight excluding hydrogens is 318 g/mol. The van der Waals surface area contributed by atoms with E-state index in [0.29, 0.717) is 17.1 Å². The molecule has 1 aromatic heterocycles. The smallest absolute Gasteiger partial charge is 0.306 e. The van der Waals surface area contributed by atoms with E-state index in [1.54, 1.807) is 24.3 Å². The number of para-hydroxylation sites is 2. The van der Waals surface area contributed by atoms with Gasteiger partial charge in [-0.1, -0.05) is 24.3 Å². The van der Waals surface area contributed by atoms with E-state index < -0.39 is 5.97 Å². The molecule has 0 saturated carbocycles. The largest absolute Gasteiger partial charge is 0.493 e. The van der Waals surface area contributed by atoms with Crippen LogP contribution in [0.15, 0.2) is 48.5 Å². The predicted molar refractivity (Wildman–Crippen MR) is 93.8 cm³/mol. The number of carbonyl (C=O) groups is 1. The van der Waals surface area contributed by atoms with Gasteiger partial charge in [-0.3, -0.25) is 4.79 Å². The van der Waals surface area contributed by atoms with Gasteiger partial charge < -0.3 is 14.8 Å². The van der Waals surface area contributed by atoms with Crippen molar-refractivity contribution in [3.8, 4) is 11.8 Å². The first kappa shape index (κ1) is 16.3. The van der Waals surface area contributed by atoms with Crippen LogP contribution in [0, 0.1) is 11.3 Å². The van der Waals surface area contributed by atoms with E-state index in [-0.39, 0.29) is 13.0 Å². The molecule has 0 radical (unpaired) electrons. The summed E-state index contributed by atoms with van der Waals surface area (Å²) in [5.74, 6) is 0.144. The number of hydrogen-bond acceptors (Lipinski definition) is 4.